The van der Waals surface area contributed by atoms with Crippen LogP contribution in [0.2, 0.25) is 0 Å². The number of rotatable bonds is 4. The van der Waals surface area contributed by atoms with E-state index in [0.717, 1.165) is 13.1 Å². The van der Waals surface area contributed by atoms with Crippen LogP contribution in [-0.2, 0) is 4.79 Å². The minimum absolute atomic E-state index is 0.203. The average Bonchev–Trinajstić information content (AvgIpc) is 2.44. The fourth-order valence-corrected chi connectivity index (χ4v) is 2.62. The Morgan fingerprint density at radius 1 is 1.37 bits per heavy atom. The third kappa shape index (κ3) is 3.14. The van der Waals surface area contributed by atoms with Crippen molar-refractivity contribution in [1.29, 1.82) is 0 Å². The molecule has 1 aromatic carbocycles. The fraction of sp³-hybridized carbons (Fsp3) is 0.533. The van der Waals surface area contributed by atoms with Gasteiger partial charge in [0.25, 0.3) is 0 Å². The summed E-state index contributed by atoms with van der Waals surface area (Å²) in [6.07, 6.45) is 0. The summed E-state index contributed by atoms with van der Waals surface area (Å²) in [6.45, 7) is 4.43. The molecule has 0 aromatic heterocycles. The van der Waals surface area contributed by atoms with E-state index in [2.05, 4.69) is 41.4 Å². The standard InChI is InChI=1S/C15H23N3O/c1-12(13-7-5-4-6-8-13)18-10-14(9-16-2)17(3)15(19)11-18/h4-8,12,14,16H,9-11H2,1-3H3. The van der Waals surface area contributed by atoms with Crippen molar-refractivity contribution < 1.29 is 4.79 Å². The Labute approximate surface area is 115 Å². The molecule has 4 nitrogen and oxygen atoms in total. The molecular weight excluding hydrogens is 238 g/mol. The molecule has 1 aliphatic heterocycles. The third-order valence-corrected chi connectivity index (χ3v) is 3.99. The molecule has 0 aliphatic carbocycles. The van der Waals surface area contributed by atoms with Crippen LogP contribution in [0.15, 0.2) is 30.3 Å². The maximum absolute atomic E-state index is 12.1. The molecule has 4 heteroatoms. The van der Waals surface area contributed by atoms with E-state index in [-0.39, 0.29) is 18.0 Å². The Balaban J connectivity index is 2.10. The summed E-state index contributed by atoms with van der Waals surface area (Å²) in [5, 5.41) is 3.17. The zero-order valence-corrected chi connectivity index (χ0v) is 12.0. The molecule has 1 amide bonds. The lowest BCUT2D eigenvalue weighted by Gasteiger charge is -2.41. The van der Waals surface area contributed by atoms with Gasteiger partial charge in [-0.05, 0) is 19.5 Å². The summed E-state index contributed by atoms with van der Waals surface area (Å²) in [7, 11) is 3.83. The number of piperazine rings is 1. The number of carbonyl (C=O) groups excluding carboxylic acids is 1. The number of amides is 1. The largest absolute Gasteiger partial charge is 0.339 e. The second kappa shape index (κ2) is 6.17. The van der Waals surface area contributed by atoms with Crippen molar-refractivity contribution in [1.82, 2.24) is 15.1 Å². The van der Waals surface area contributed by atoms with Gasteiger partial charge >= 0.3 is 0 Å². The van der Waals surface area contributed by atoms with Crippen LogP contribution in [0.3, 0.4) is 0 Å². The summed E-state index contributed by atoms with van der Waals surface area (Å²) in [5.74, 6) is 0.203. The maximum atomic E-state index is 12.1. The van der Waals surface area contributed by atoms with Crippen LogP contribution < -0.4 is 5.32 Å². The van der Waals surface area contributed by atoms with E-state index in [1.807, 2.05) is 25.1 Å². The lowest BCUT2D eigenvalue weighted by molar-refractivity contribution is -0.138. The monoisotopic (exact) mass is 261 g/mol. The molecule has 104 valence electrons. The summed E-state index contributed by atoms with van der Waals surface area (Å²) in [4.78, 5) is 16.2. The first-order valence-corrected chi connectivity index (χ1v) is 6.82. The Morgan fingerprint density at radius 3 is 2.68 bits per heavy atom. The van der Waals surface area contributed by atoms with Crippen LogP contribution in [0.5, 0.6) is 0 Å². The van der Waals surface area contributed by atoms with E-state index >= 15 is 0 Å². The van der Waals surface area contributed by atoms with Crippen molar-refractivity contribution in [3.8, 4) is 0 Å². The van der Waals surface area contributed by atoms with Gasteiger partial charge in [-0.1, -0.05) is 30.3 Å². The minimum atomic E-state index is 0.203. The molecule has 0 bridgehead atoms. The van der Waals surface area contributed by atoms with Gasteiger partial charge in [-0.2, -0.15) is 0 Å². The highest BCUT2D eigenvalue weighted by Crippen LogP contribution is 2.23. The van der Waals surface area contributed by atoms with Crippen molar-refractivity contribution >= 4 is 5.91 Å². The molecule has 19 heavy (non-hydrogen) atoms. The molecule has 1 saturated heterocycles. The lowest BCUT2D eigenvalue weighted by Crippen LogP contribution is -2.57. The summed E-state index contributed by atoms with van der Waals surface area (Å²) in [5.41, 5.74) is 1.27. The van der Waals surface area contributed by atoms with Crippen molar-refractivity contribution in [2.75, 3.05) is 33.7 Å². The molecule has 2 rings (SSSR count). The van der Waals surface area contributed by atoms with Crippen molar-refractivity contribution in [3.05, 3.63) is 35.9 Å². The van der Waals surface area contributed by atoms with Crippen LogP contribution >= 0.6 is 0 Å². The normalized spacial score (nSPS) is 22.6. The number of hydrogen-bond donors (Lipinski definition) is 1. The molecule has 0 spiro atoms. The SMILES string of the molecule is CNCC1CN(C(C)c2ccccc2)CC(=O)N1C. The van der Waals surface area contributed by atoms with Crippen LogP contribution in [0, 0.1) is 0 Å². The zero-order chi connectivity index (χ0) is 13.8. The quantitative estimate of drug-likeness (QED) is 0.882. The van der Waals surface area contributed by atoms with Gasteiger partial charge in [-0.3, -0.25) is 9.69 Å². The molecular formula is C15H23N3O. The summed E-state index contributed by atoms with van der Waals surface area (Å²) < 4.78 is 0. The second-order valence-electron chi connectivity index (χ2n) is 5.23. The molecule has 0 radical (unpaired) electrons. The highest BCUT2D eigenvalue weighted by atomic mass is 16.2. The molecule has 2 atom stereocenters. The average molecular weight is 261 g/mol. The van der Waals surface area contributed by atoms with Gasteiger partial charge in [0.1, 0.15) is 0 Å². The highest BCUT2D eigenvalue weighted by molar-refractivity contribution is 5.79. The van der Waals surface area contributed by atoms with E-state index in [1.165, 1.54) is 5.56 Å². The fourth-order valence-electron chi connectivity index (χ4n) is 2.62. The minimum Gasteiger partial charge on any atom is -0.339 e. The molecule has 2 unspecified atom stereocenters. The van der Waals surface area contributed by atoms with Crippen molar-refractivity contribution in [2.45, 2.75) is 19.0 Å². The summed E-state index contributed by atoms with van der Waals surface area (Å²) in [6, 6.07) is 10.9. The molecule has 1 N–H and O–H groups in total. The van der Waals surface area contributed by atoms with E-state index in [9.17, 15) is 4.79 Å². The molecule has 1 aromatic rings. The highest BCUT2D eigenvalue weighted by Gasteiger charge is 2.31. The number of nitrogens with one attached hydrogen (secondary N) is 1. The maximum Gasteiger partial charge on any atom is 0.236 e. The van der Waals surface area contributed by atoms with Gasteiger partial charge in [0.2, 0.25) is 5.91 Å². The third-order valence-electron chi connectivity index (χ3n) is 3.99. The predicted octanol–water partition coefficient (Wildman–Crippen LogP) is 1.11. The van der Waals surface area contributed by atoms with E-state index in [1.54, 1.807) is 0 Å². The number of benzene rings is 1. The number of hydrogen-bond acceptors (Lipinski definition) is 3. The zero-order valence-electron chi connectivity index (χ0n) is 12.0. The smallest absolute Gasteiger partial charge is 0.236 e. The number of nitrogens with zero attached hydrogens (tertiary/aromatic N) is 2. The van der Waals surface area contributed by atoms with Crippen LogP contribution in [0.1, 0.15) is 18.5 Å². The van der Waals surface area contributed by atoms with E-state index < -0.39 is 0 Å². The molecule has 1 heterocycles. The Bertz CT molecular complexity index is 421. The lowest BCUT2D eigenvalue weighted by atomic mass is 10.0. The van der Waals surface area contributed by atoms with Gasteiger partial charge in [-0.15, -0.1) is 0 Å². The number of likely N-dealkylation sites (N-methyl/N-ethyl adjacent to an activating group) is 2. The van der Waals surface area contributed by atoms with Gasteiger partial charge in [-0.25, -0.2) is 0 Å². The summed E-state index contributed by atoms with van der Waals surface area (Å²) >= 11 is 0. The Kier molecular flexibility index (Phi) is 4.56. The first-order valence-electron chi connectivity index (χ1n) is 6.82. The molecule has 1 fully saturated rings. The van der Waals surface area contributed by atoms with Crippen LogP contribution in [-0.4, -0.2) is 55.5 Å². The van der Waals surface area contributed by atoms with Crippen molar-refractivity contribution in [3.63, 3.8) is 0 Å². The van der Waals surface area contributed by atoms with Gasteiger partial charge < -0.3 is 10.2 Å². The van der Waals surface area contributed by atoms with Gasteiger partial charge in [0.15, 0.2) is 0 Å². The Morgan fingerprint density at radius 2 is 2.05 bits per heavy atom. The van der Waals surface area contributed by atoms with Crippen LogP contribution in [0.25, 0.3) is 0 Å². The second-order valence-corrected chi connectivity index (χ2v) is 5.23. The van der Waals surface area contributed by atoms with Crippen molar-refractivity contribution in [2.24, 2.45) is 0 Å². The van der Waals surface area contributed by atoms with Crippen LogP contribution in [0.4, 0.5) is 0 Å². The predicted molar refractivity (Wildman–Crippen MR) is 76.9 cm³/mol. The first kappa shape index (κ1) is 14.0. The first-order chi connectivity index (χ1) is 9.13. The topological polar surface area (TPSA) is 35.6 Å². The Hall–Kier alpha value is -1.39. The molecule has 0 saturated carbocycles. The van der Waals surface area contributed by atoms with E-state index in [4.69, 9.17) is 0 Å². The van der Waals surface area contributed by atoms with E-state index in [0.29, 0.717) is 6.54 Å². The molecule has 1 aliphatic rings. The number of carbonyl (C=O) groups is 1. The van der Waals surface area contributed by atoms with Gasteiger partial charge in [0, 0.05) is 26.2 Å². The van der Waals surface area contributed by atoms with Gasteiger partial charge in [0.05, 0.1) is 12.6 Å².